The summed E-state index contributed by atoms with van der Waals surface area (Å²) in [5.74, 6) is -0.537. The molecule has 0 aliphatic heterocycles. The van der Waals surface area contributed by atoms with Crippen molar-refractivity contribution in [1.29, 1.82) is 5.26 Å². The number of carbonyl (C=O) groups is 1. The first-order valence-corrected chi connectivity index (χ1v) is 6.03. The zero-order valence-electron chi connectivity index (χ0n) is 9.78. The van der Waals surface area contributed by atoms with Crippen molar-refractivity contribution in [1.82, 2.24) is 5.32 Å². The third kappa shape index (κ3) is 3.21. The van der Waals surface area contributed by atoms with E-state index >= 15 is 0 Å². The summed E-state index contributed by atoms with van der Waals surface area (Å²) >= 11 is 0. The maximum atomic E-state index is 11.8. The predicted molar refractivity (Wildman–Crippen MR) is 60.4 cm³/mol. The van der Waals surface area contributed by atoms with Gasteiger partial charge in [-0.15, -0.1) is 0 Å². The fraction of sp³-hybridized carbons (Fsp3) is 0.833. The van der Waals surface area contributed by atoms with E-state index < -0.39 is 5.92 Å². The molecule has 0 aromatic heterocycles. The van der Waals surface area contributed by atoms with Gasteiger partial charge in [0, 0.05) is 18.6 Å². The lowest BCUT2D eigenvalue weighted by molar-refractivity contribution is -0.124. The van der Waals surface area contributed by atoms with Crippen LogP contribution < -0.4 is 5.32 Å². The molecule has 1 aliphatic carbocycles. The molecule has 3 unspecified atom stereocenters. The van der Waals surface area contributed by atoms with Gasteiger partial charge in [0.05, 0.1) is 6.07 Å². The van der Waals surface area contributed by atoms with E-state index in [9.17, 15) is 4.79 Å². The molecular weight excluding hydrogens is 204 g/mol. The molecule has 90 valence electrons. The van der Waals surface area contributed by atoms with Crippen LogP contribution >= 0.6 is 0 Å². The van der Waals surface area contributed by atoms with E-state index in [-0.39, 0.29) is 24.5 Å². The Hall–Kier alpha value is -1.08. The first-order chi connectivity index (χ1) is 7.72. The summed E-state index contributed by atoms with van der Waals surface area (Å²) in [6.45, 7) is 2.08. The second kappa shape index (κ2) is 6.49. The van der Waals surface area contributed by atoms with Crippen molar-refractivity contribution < 1.29 is 9.90 Å². The monoisotopic (exact) mass is 224 g/mol. The van der Waals surface area contributed by atoms with Gasteiger partial charge in [-0.2, -0.15) is 5.26 Å². The molecule has 0 aromatic rings. The molecule has 4 nitrogen and oxygen atoms in total. The predicted octanol–water partition coefficient (Wildman–Crippen LogP) is 1.20. The molecule has 3 atom stereocenters. The van der Waals surface area contributed by atoms with E-state index in [4.69, 9.17) is 10.4 Å². The maximum absolute atomic E-state index is 11.8. The van der Waals surface area contributed by atoms with Crippen LogP contribution in [0.25, 0.3) is 0 Å². The van der Waals surface area contributed by atoms with Gasteiger partial charge < -0.3 is 10.4 Å². The highest BCUT2D eigenvalue weighted by atomic mass is 16.3. The number of carbonyl (C=O) groups excluding carboxylic acids is 1. The van der Waals surface area contributed by atoms with Gasteiger partial charge in [-0.3, -0.25) is 4.79 Å². The number of aliphatic hydroxyl groups excluding tert-OH is 1. The van der Waals surface area contributed by atoms with Crippen LogP contribution in [0, 0.1) is 23.2 Å². The smallest absolute Gasteiger partial charge is 0.237 e. The SMILES string of the molecule is CCCC(C#N)C(=O)NC1CCCC1CO. The fourth-order valence-corrected chi connectivity index (χ4v) is 2.27. The van der Waals surface area contributed by atoms with Gasteiger partial charge >= 0.3 is 0 Å². The summed E-state index contributed by atoms with van der Waals surface area (Å²) < 4.78 is 0. The topological polar surface area (TPSA) is 73.1 Å². The Morgan fingerprint density at radius 1 is 1.62 bits per heavy atom. The van der Waals surface area contributed by atoms with Crippen molar-refractivity contribution in [3.63, 3.8) is 0 Å². The summed E-state index contributed by atoms with van der Waals surface area (Å²) in [4.78, 5) is 11.8. The average molecular weight is 224 g/mol. The molecule has 0 bridgehead atoms. The summed E-state index contributed by atoms with van der Waals surface area (Å²) in [5.41, 5.74) is 0. The first-order valence-electron chi connectivity index (χ1n) is 6.03. The van der Waals surface area contributed by atoms with Gasteiger partial charge in [0.25, 0.3) is 0 Å². The highest BCUT2D eigenvalue weighted by Gasteiger charge is 2.29. The third-order valence-electron chi connectivity index (χ3n) is 3.27. The largest absolute Gasteiger partial charge is 0.396 e. The molecule has 1 aliphatic rings. The Balaban J connectivity index is 2.46. The van der Waals surface area contributed by atoms with Crippen molar-refractivity contribution in [2.24, 2.45) is 11.8 Å². The van der Waals surface area contributed by atoms with E-state index in [0.29, 0.717) is 6.42 Å². The normalized spacial score (nSPS) is 26.1. The number of aliphatic hydroxyl groups is 1. The number of hydrogen-bond donors (Lipinski definition) is 2. The Morgan fingerprint density at radius 3 is 2.94 bits per heavy atom. The number of nitrogens with one attached hydrogen (secondary N) is 1. The maximum Gasteiger partial charge on any atom is 0.237 e. The minimum absolute atomic E-state index is 0.0604. The second-order valence-electron chi connectivity index (χ2n) is 4.46. The van der Waals surface area contributed by atoms with Gasteiger partial charge in [0.2, 0.25) is 5.91 Å². The average Bonchev–Trinajstić information content (AvgIpc) is 2.72. The van der Waals surface area contributed by atoms with E-state index in [0.717, 1.165) is 25.7 Å². The summed E-state index contributed by atoms with van der Waals surface area (Å²) in [7, 11) is 0. The van der Waals surface area contributed by atoms with Crippen LogP contribution in [-0.4, -0.2) is 23.7 Å². The summed E-state index contributed by atoms with van der Waals surface area (Å²) in [6.07, 6.45) is 4.37. The van der Waals surface area contributed by atoms with Crippen LogP contribution in [0.15, 0.2) is 0 Å². The highest BCUT2D eigenvalue weighted by Crippen LogP contribution is 2.25. The molecule has 0 saturated heterocycles. The van der Waals surface area contributed by atoms with Crippen molar-refractivity contribution >= 4 is 5.91 Å². The Bertz CT molecular complexity index is 273. The minimum Gasteiger partial charge on any atom is -0.396 e. The van der Waals surface area contributed by atoms with E-state index in [1.807, 2.05) is 13.0 Å². The number of nitrogens with zero attached hydrogens (tertiary/aromatic N) is 1. The van der Waals surface area contributed by atoms with Crippen molar-refractivity contribution in [2.75, 3.05) is 6.61 Å². The number of rotatable bonds is 5. The molecule has 16 heavy (non-hydrogen) atoms. The number of hydrogen-bond acceptors (Lipinski definition) is 3. The molecule has 1 fully saturated rings. The second-order valence-corrected chi connectivity index (χ2v) is 4.46. The molecule has 0 radical (unpaired) electrons. The van der Waals surface area contributed by atoms with Crippen LogP contribution in [0.5, 0.6) is 0 Å². The van der Waals surface area contributed by atoms with Crippen LogP contribution in [0.4, 0.5) is 0 Å². The van der Waals surface area contributed by atoms with E-state index in [1.54, 1.807) is 0 Å². The molecule has 0 spiro atoms. The lowest BCUT2D eigenvalue weighted by atomic mass is 10.0. The third-order valence-corrected chi connectivity index (χ3v) is 3.27. The van der Waals surface area contributed by atoms with Crippen LogP contribution in [0.3, 0.4) is 0 Å². The molecule has 0 aromatic carbocycles. The lowest BCUT2D eigenvalue weighted by Gasteiger charge is -2.20. The van der Waals surface area contributed by atoms with Gasteiger partial charge in [-0.25, -0.2) is 0 Å². The first kappa shape index (κ1) is 13.0. The Morgan fingerprint density at radius 2 is 2.38 bits per heavy atom. The molecule has 1 saturated carbocycles. The van der Waals surface area contributed by atoms with Crippen LogP contribution in [0.1, 0.15) is 39.0 Å². The lowest BCUT2D eigenvalue weighted by Crippen LogP contribution is -2.41. The number of amides is 1. The van der Waals surface area contributed by atoms with Crippen LogP contribution in [-0.2, 0) is 4.79 Å². The van der Waals surface area contributed by atoms with Gasteiger partial charge in [-0.05, 0) is 19.3 Å². The van der Waals surface area contributed by atoms with E-state index in [1.165, 1.54) is 0 Å². The minimum atomic E-state index is -0.537. The molecule has 4 heteroatoms. The molecule has 2 N–H and O–H groups in total. The Labute approximate surface area is 96.6 Å². The highest BCUT2D eigenvalue weighted by molar-refractivity contribution is 5.81. The number of nitriles is 1. The van der Waals surface area contributed by atoms with Gasteiger partial charge in [0.1, 0.15) is 5.92 Å². The Kier molecular flexibility index (Phi) is 5.27. The van der Waals surface area contributed by atoms with Gasteiger partial charge in [0.15, 0.2) is 0 Å². The van der Waals surface area contributed by atoms with Crippen molar-refractivity contribution in [2.45, 2.75) is 45.1 Å². The standard InChI is InChI=1S/C12H20N2O2/c1-2-4-9(7-13)12(16)14-11-6-3-5-10(11)8-15/h9-11,15H,2-6,8H2,1H3,(H,14,16). The fourth-order valence-electron chi connectivity index (χ4n) is 2.27. The quantitative estimate of drug-likeness (QED) is 0.737. The molecule has 1 rings (SSSR count). The van der Waals surface area contributed by atoms with Gasteiger partial charge in [-0.1, -0.05) is 19.8 Å². The zero-order chi connectivity index (χ0) is 12.0. The van der Waals surface area contributed by atoms with Crippen molar-refractivity contribution in [3.05, 3.63) is 0 Å². The van der Waals surface area contributed by atoms with Crippen molar-refractivity contribution in [3.8, 4) is 6.07 Å². The molecule has 1 amide bonds. The molecule has 0 heterocycles. The molecular formula is C12H20N2O2. The summed E-state index contributed by atoms with van der Waals surface area (Å²) in [5, 5.41) is 20.9. The van der Waals surface area contributed by atoms with E-state index in [2.05, 4.69) is 5.32 Å². The zero-order valence-corrected chi connectivity index (χ0v) is 9.78. The summed E-state index contributed by atoms with van der Waals surface area (Å²) in [6, 6.07) is 2.10. The van der Waals surface area contributed by atoms with Crippen LogP contribution in [0.2, 0.25) is 0 Å².